The van der Waals surface area contributed by atoms with E-state index in [0.29, 0.717) is 39.3 Å². The Morgan fingerprint density at radius 2 is 1.83 bits per heavy atom. The first-order valence-corrected chi connectivity index (χ1v) is 14.1. The zero-order valence-electron chi connectivity index (χ0n) is 19.9. The van der Waals surface area contributed by atoms with Crippen molar-refractivity contribution in [2.24, 2.45) is 4.99 Å². The van der Waals surface area contributed by atoms with Crippen LogP contribution in [0.3, 0.4) is 0 Å². The second-order valence-corrected chi connectivity index (χ2v) is 11.4. The van der Waals surface area contributed by atoms with E-state index in [0.717, 1.165) is 10.0 Å². The van der Waals surface area contributed by atoms with Crippen LogP contribution in [0.15, 0.2) is 86.0 Å². The number of nitrogens with zero attached hydrogens (tertiary/aromatic N) is 2. The van der Waals surface area contributed by atoms with Gasteiger partial charge in [0, 0.05) is 11.0 Å². The zero-order chi connectivity index (χ0) is 25.9. The average molecular weight is 587 g/mol. The maximum Gasteiger partial charge on any atom is 0.266 e. The number of hydrogen-bond donors (Lipinski definition) is 1. The van der Waals surface area contributed by atoms with Crippen LogP contribution in [0.4, 0.5) is 11.4 Å². The van der Waals surface area contributed by atoms with E-state index in [1.54, 1.807) is 48.2 Å². The van der Waals surface area contributed by atoms with E-state index < -0.39 is 10.0 Å². The fourth-order valence-corrected chi connectivity index (χ4v) is 6.23. The van der Waals surface area contributed by atoms with Crippen LogP contribution in [0, 0.1) is 6.92 Å². The van der Waals surface area contributed by atoms with Crippen LogP contribution < -0.4 is 9.46 Å². The summed E-state index contributed by atoms with van der Waals surface area (Å²) in [7, 11) is -2.44. The van der Waals surface area contributed by atoms with E-state index in [1.807, 2.05) is 37.3 Å². The summed E-state index contributed by atoms with van der Waals surface area (Å²) in [6.07, 6.45) is 1.83. The van der Waals surface area contributed by atoms with E-state index in [2.05, 4.69) is 25.6 Å². The van der Waals surface area contributed by atoms with Crippen LogP contribution in [-0.4, -0.2) is 38.0 Å². The lowest BCUT2D eigenvalue weighted by atomic mass is 10.2. The monoisotopic (exact) mass is 585 g/mol. The minimum absolute atomic E-state index is 0.0956. The van der Waals surface area contributed by atoms with Gasteiger partial charge in [-0.3, -0.25) is 14.4 Å². The molecule has 1 aliphatic heterocycles. The van der Waals surface area contributed by atoms with Gasteiger partial charge in [-0.25, -0.2) is 13.4 Å². The first-order chi connectivity index (χ1) is 17.2. The fraction of sp³-hybridized carbons (Fsp3) is 0.154. The zero-order valence-corrected chi connectivity index (χ0v) is 23.1. The van der Waals surface area contributed by atoms with Gasteiger partial charge in [-0.05, 0) is 79.2 Å². The Bertz CT molecular complexity index is 1470. The standard InChI is InChI=1S/C26H24BrN3O4S2/c1-4-30-25(31)23(15-18-10-12-19(27)13-11-18)35-26(30)28-20-14-9-17(2)24(16-20)36(32,33)29-21-7-5-6-8-22(21)34-3/h5-16,29H,4H2,1-3H3/b23-15+,28-26?. The van der Waals surface area contributed by atoms with E-state index >= 15 is 0 Å². The molecule has 0 aliphatic carbocycles. The van der Waals surface area contributed by atoms with Crippen molar-refractivity contribution in [3.05, 3.63) is 87.2 Å². The lowest BCUT2D eigenvalue weighted by Gasteiger charge is -2.14. The quantitative estimate of drug-likeness (QED) is 0.334. The predicted octanol–water partition coefficient (Wildman–Crippen LogP) is 6.19. The van der Waals surface area contributed by atoms with Crippen LogP contribution in [0.2, 0.25) is 0 Å². The largest absolute Gasteiger partial charge is 0.495 e. The fourth-order valence-electron chi connectivity index (χ4n) is 3.57. The van der Waals surface area contributed by atoms with Crippen LogP contribution in [0.1, 0.15) is 18.1 Å². The number of likely N-dealkylation sites (N-methyl/N-ethyl adjacent to an activating group) is 1. The van der Waals surface area contributed by atoms with E-state index in [9.17, 15) is 13.2 Å². The molecule has 1 amide bonds. The summed E-state index contributed by atoms with van der Waals surface area (Å²) >= 11 is 4.68. The second kappa shape index (κ2) is 10.9. The number of anilines is 1. The van der Waals surface area contributed by atoms with Gasteiger partial charge in [-0.2, -0.15) is 0 Å². The molecule has 10 heteroatoms. The maximum absolute atomic E-state index is 13.2. The molecule has 1 fully saturated rings. The lowest BCUT2D eigenvalue weighted by molar-refractivity contribution is -0.122. The Labute approximate surface area is 223 Å². The molecule has 1 heterocycles. The third-order valence-corrected chi connectivity index (χ3v) is 8.45. The molecule has 3 aromatic rings. The highest BCUT2D eigenvalue weighted by Crippen LogP contribution is 2.35. The number of thioether (sulfide) groups is 1. The number of aliphatic imine (C=N–C) groups is 1. The molecule has 186 valence electrons. The summed E-state index contributed by atoms with van der Waals surface area (Å²) in [5, 5.41) is 0.496. The molecule has 36 heavy (non-hydrogen) atoms. The van der Waals surface area contributed by atoms with Crippen molar-refractivity contribution >= 4 is 66.2 Å². The third kappa shape index (κ3) is 5.66. The summed E-state index contributed by atoms with van der Waals surface area (Å²) in [5.74, 6) is 0.279. The molecule has 0 bridgehead atoms. The number of methoxy groups -OCH3 is 1. The number of carbonyl (C=O) groups excluding carboxylic acids is 1. The molecule has 0 saturated carbocycles. The van der Waals surface area contributed by atoms with Gasteiger partial charge >= 0.3 is 0 Å². The van der Waals surface area contributed by atoms with Crippen LogP contribution in [0.25, 0.3) is 6.08 Å². The molecular weight excluding hydrogens is 562 g/mol. The highest BCUT2D eigenvalue weighted by Gasteiger charge is 2.32. The predicted molar refractivity (Wildman–Crippen MR) is 149 cm³/mol. The normalized spacial score (nSPS) is 16.1. The number of para-hydroxylation sites is 2. The third-order valence-electron chi connectivity index (χ3n) is 5.41. The number of sulfonamides is 1. The van der Waals surface area contributed by atoms with Gasteiger partial charge in [0.1, 0.15) is 5.75 Å². The van der Waals surface area contributed by atoms with Crippen LogP contribution >= 0.6 is 27.7 Å². The Morgan fingerprint density at radius 1 is 1.11 bits per heavy atom. The number of rotatable bonds is 7. The van der Waals surface area contributed by atoms with Crippen molar-refractivity contribution in [1.29, 1.82) is 0 Å². The first-order valence-electron chi connectivity index (χ1n) is 11.0. The van der Waals surface area contributed by atoms with Crippen molar-refractivity contribution in [3.8, 4) is 5.75 Å². The van der Waals surface area contributed by atoms with Crippen LogP contribution in [-0.2, 0) is 14.8 Å². The summed E-state index contributed by atoms with van der Waals surface area (Å²) in [5.41, 5.74) is 2.24. The van der Waals surface area contributed by atoms with Crippen LogP contribution in [0.5, 0.6) is 5.75 Å². The molecule has 0 radical (unpaired) electrons. The Morgan fingerprint density at radius 3 is 2.53 bits per heavy atom. The summed E-state index contributed by atoms with van der Waals surface area (Å²) in [6, 6.07) is 19.4. The number of ether oxygens (including phenoxy) is 1. The molecule has 0 spiro atoms. The lowest BCUT2D eigenvalue weighted by Crippen LogP contribution is -2.28. The van der Waals surface area contributed by atoms with Crippen molar-refractivity contribution in [2.45, 2.75) is 18.7 Å². The Balaban J connectivity index is 1.66. The van der Waals surface area contributed by atoms with Gasteiger partial charge < -0.3 is 4.74 Å². The minimum atomic E-state index is -3.92. The molecule has 4 rings (SSSR count). The molecular formula is C26H24BrN3O4S2. The second-order valence-electron chi connectivity index (χ2n) is 7.86. The molecule has 7 nitrogen and oxygen atoms in total. The summed E-state index contributed by atoms with van der Waals surface area (Å²) in [4.78, 5) is 19.9. The molecule has 0 atom stereocenters. The topological polar surface area (TPSA) is 88.1 Å². The highest BCUT2D eigenvalue weighted by atomic mass is 79.9. The maximum atomic E-state index is 13.2. The van der Waals surface area contributed by atoms with Crippen molar-refractivity contribution in [1.82, 2.24) is 4.90 Å². The Hall–Kier alpha value is -3.08. The summed E-state index contributed by atoms with van der Waals surface area (Å²) in [6.45, 7) is 4.03. The van der Waals surface area contributed by atoms with Gasteiger partial charge in [0.25, 0.3) is 15.9 Å². The van der Waals surface area contributed by atoms with E-state index in [4.69, 9.17) is 4.74 Å². The Kier molecular flexibility index (Phi) is 7.87. The molecule has 0 aromatic heterocycles. The van der Waals surface area contributed by atoms with Crippen molar-refractivity contribution in [3.63, 3.8) is 0 Å². The number of aryl methyl sites for hydroxylation is 1. The summed E-state index contributed by atoms with van der Waals surface area (Å²) < 4.78 is 35.3. The minimum Gasteiger partial charge on any atom is -0.495 e. The number of nitrogens with one attached hydrogen (secondary N) is 1. The van der Waals surface area contributed by atoms with E-state index in [-0.39, 0.29) is 10.8 Å². The van der Waals surface area contributed by atoms with Crippen molar-refractivity contribution < 1.29 is 17.9 Å². The average Bonchev–Trinajstić information content (AvgIpc) is 3.15. The molecule has 1 N–H and O–H groups in total. The van der Waals surface area contributed by atoms with E-state index in [1.165, 1.54) is 24.9 Å². The van der Waals surface area contributed by atoms with Crippen molar-refractivity contribution in [2.75, 3.05) is 18.4 Å². The smallest absolute Gasteiger partial charge is 0.266 e. The molecule has 3 aromatic carbocycles. The number of halogens is 1. The van der Waals surface area contributed by atoms with Gasteiger partial charge in [0.05, 0.1) is 28.3 Å². The highest BCUT2D eigenvalue weighted by molar-refractivity contribution is 9.10. The first kappa shape index (κ1) is 26.0. The van der Waals surface area contributed by atoms with Gasteiger partial charge in [0.2, 0.25) is 0 Å². The molecule has 1 saturated heterocycles. The number of carbonyl (C=O) groups is 1. The number of benzene rings is 3. The van der Waals surface area contributed by atoms with Gasteiger partial charge in [0.15, 0.2) is 5.17 Å². The van der Waals surface area contributed by atoms with Gasteiger partial charge in [-0.1, -0.05) is 46.3 Å². The SMILES string of the molecule is CCN1C(=O)/C(=C\c2ccc(Br)cc2)SC1=Nc1ccc(C)c(S(=O)(=O)Nc2ccccc2OC)c1. The van der Waals surface area contributed by atoms with Gasteiger partial charge in [-0.15, -0.1) is 0 Å². The number of hydrogen-bond acceptors (Lipinski definition) is 6. The molecule has 0 unspecified atom stereocenters. The molecule has 1 aliphatic rings. The number of amidine groups is 1. The number of amides is 1.